The van der Waals surface area contributed by atoms with Gasteiger partial charge in [-0.1, -0.05) is 97.3 Å². The lowest BCUT2D eigenvalue weighted by atomic mass is 10.0. The van der Waals surface area contributed by atoms with Gasteiger partial charge in [0.2, 0.25) is 0 Å². The second-order valence-electron chi connectivity index (χ2n) is 7.83. The number of hydrogen-bond donors (Lipinski definition) is 2. The summed E-state index contributed by atoms with van der Waals surface area (Å²) in [5.74, 6) is 0. The number of hydrogen-bond acceptors (Lipinski definition) is 3. The van der Waals surface area contributed by atoms with Crippen LogP contribution in [0.15, 0.2) is 0 Å². The fourth-order valence-electron chi connectivity index (χ4n) is 3.47. The molecular weight excluding hydrogens is 348 g/mol. The summed E-state index contributed by atoms with van der Waals surface area (Å²) in [6.07, 6.45) is 16.8. The van der Waals surface area contributed by atoms with Crippen LogP contribution in [0.25, 0.3) is 0 Å². The predicted molar refractivity (Wildman–Crippen MR) is 111 cm³/mol. The summed E-state index contributed by atoms with van der Waals surface area (Å²) in [7, 11) is -3.95. The van der Waals surface area contributed by atoms with Crippen molar-refractivity contribution in [3.8, 4) is 0 Å². The Labute approximate surface area is 162 Å². The SMILES string of the molecule is CCCCCCCCC(O)CCCCC(CCCCCCC)S(=O)(=O)O. The number of aliphatic hydroxyl groups excluding tert-OH is 1. The summed E-state index contributed by atoms with van der Waals surface area (Å²) >= 11 is 0. The summed E-state index contributed by atoms with van der Waals surface area (Å²) in [6.45, 7) is 4.37. The number of aliphatic hydroxyl groups is 1. The summed E-state index contributed by atoms with van der Waals surface area (Å²) in [4.78, 5) is 0. The van der Waals surface area contributed by atoms with Crippen LogP contribution in [-0.2, 0) is 10.1 Å². The van der Waals surface area contributed by atoms with E-state index < -0.39 is 15.4 Å². The molecule has 26 heavy (non-hydrogen) atoms. The molecule has 0 aliphatic heterocycles. The van der Waals surface area contributed by atoms with Gasteiger partial charge in [0.1, 0.15) is 0 Å². The van der Waals surface area contributed by atoms with Gasteiger partial charge < -0.3 is 5.11 Å². The molecular formula is C21H44O4S. The topological polar surface area (TPSA) is 74.6 Å². The van der Waals surface area contributed by atoms with Crippen molar-refractivity contribution in [1.29, 1.82) is 0 Å². The van der Waals surface area contributed by atoms with E-state index in [9.17, 15) is 18.1 Å². The molecule has 0 aromatic heterocycles. The van der Waals surface area contributed by atoms with Gasteiger partial charge in [-0.2, -0.15) is 8.42 Å². The van der Waals surface area contributed by atoms with Crippen LogP contribution >= 0.6 is 0 Å². The maximum atomic E-state index is 11.5. The Morgan fingerprint density at radius 1 is 0.615 bits per heavy atom. The maximum absolute atomic E-state index is 11.5. The second kappa shape index (κ2) is 17.0. The van der Waals surface area contributed by atoms with Crippen molar-refractivity contribution in [2.24, 2.45) is 0 Å². The molecule has 0 spiro atoms. The van der Waals surface area contributed by atoms with Crippen LogP contribution in [0.4, 0.5) is 0 Å². The first-order chi connectivity index (χ1) is 12.4. The molecule has 0 saturated carbocycles. The molecule has 4 nitrogen and oxygen atoms in total. The van der Waals surface area contributed by atoms with Gasteiger partial charge in [-0.15, -0.1) is 0 Å². The van der Waals surface area contributed by atoms with Gasteiger partial charge in [-0.25, -0.2) is 0 Å². The van der Waals surface area contributed by atoms with Gasteiger partial charge in [0.15, 0.2) is 0 Å². The molecule has 0 bridgehead atoms. The molecule has 0 heterocycles. The Morgan fingerprint density at radius 2 is 0.962 bits per heavy atom. The van der Waals surface area contributed by atoms with Gasteiger partial charge in [0, 0.05) is 0 Å². The zero-order valence-electron chi connectivity index (χ0n) is 17.3. The maximum Gasteiger partial charge on any atom is 0.267 e. The van der Waals surface area contributed by atoms with E-state index in [1.165, 1.54) is 44.9 Å². The molecule has 2 N–H and O–H groups in total. The Morgan fingerprint density at radius 3 is 1.42 bits per heavy atom. The third-order valence-electron chi connectivity index (χ3n) is 5.26. The van der Waals surface area contributed by atoms with Gasteiger partial charge in [-0.05, 0) is 25.7 Å². The molecule has 0 fully saturated rings. The highest BCUT2D eigenvalue weighted by molar-refractivity contribution is 7.86. The smallest absolute Gasteiger partial charge is 0.267 e. The second-order valence-corrected chi connectivity index (χ2v) is 9.53. The van der Waals surface area contributed by atoms with Crippen molar-refractivity contribution in [3.63, 3.8) is 0 Å². The van der Waals surface area contributed by atoms with E-state index in [0.29, 0.717) is 12.8 Å². The van der Waals surface area contributed by atoms with Crippen molar-refractivity contribution in [3.05, 3.63) is 0 Å². The standard InChI is InChI=1S/C21H44O4S/c1-3-5-7-9-11-12-16-20(22)17-14-15-19-21(26(23,24)25)18-13-10-8-6-4-2/h20-22H,3-19H2,1-2H3,(H,23,24,25). The first-order valence-electron chi connectivity index (χ1n) is 11.1. The third-order valence-corrected chi connectivity index (χ3v) is 6.57. The molecule has 0 aromatic carbocycles. The monoisotopic (exact) mass is 392 g/mol. The van der Waals surface area contributed by atoms with Gasteiger partial charge in [-0.3, -0.25) is 4.55 Å². The Hall–Kier alpha value is -0.130. The molecule has 0 aliphatic carbocycles. The van der Waals surface area contributed by atoms with Crippen molar-refractivity contribution in [2.45, 2.75) is 134 Å². The summed E-state index contributed by atoms with van der Waals surface area (Å²) < 4.78 is 32.5. The van der Waals surface area contributed by atoms with Gasteiger partial charge >= 0.3 is 0 Å². The zero-order chi connectivity index (χ0) is 19.7. The van der Waals surface area contributed by atoms with Crippen LogP contribution in [0.2, 0.25) is 0 Å². The Kier molecular flexibility index (Phi) is 16.9. The van der Waals surface area contributed by atoms with E-state index in [2.05, 4.69) is 13.8 Å². The molecule has 0 aromatic rings. The van der Waals surface area contributed by atoms with E-state index in [1.54, 1.807) is 0 Å². The number of rotatable bonds is 19. The minimum Gasteiger partial charge on any atom is -0.393 e. The molecule has 5 heteroatoms. The highest BCUT2D eigenvalue weighted by atomic mass is 32.2. The van der Waals surface area contributed by atoms with E-state index in [1.807, 2.05) is 0 Å². The van der Waals surface area contributed by atoms with Gasteiger partial charge in [0.25, 0.3) is 10.1 Å². The molecule has 0 saturated heterocycles. The average molecular weight is 393 g/mol. The minimum absolute atomic E-state index is 0.264. The molecule has 2 atom stereocenters. The van der Waals surface area contributed by atoms with Crippen molar-refractivity contribution in [2.75, 3.05) is 0 Å². The fraction of sp³-hybridized carbons (Fsp3) is 1.00. The molecule has 0 aliphatic rings. The quantitative estimate of drug-likeness (QED) is 0.200. The molecule has 158 valence electrons. The lowest BCUT2D eigenvalue weighted by molar-refractivity contribution is 0.147. The van der Waals surface area contributed by atoms with Crippen LogP contribution in [0.5, 0.6) is 0 Å². The normalized spacial score (nSPS) is 14.5. The molecule has 2 unspecified atom stereocenters. The summed E-state index contributed by atoms with van der Waals surface area (Å²) in [5, 5.41) is 9.41. The van der Waals surface area contributed by atoms with Crippen LogP contribution in [0.3, 0.4) is 0 Å². The first kappa shape index (κ1) is 25.9. The molecule has 0 radical (unpaired) electrons. The predicted octanol–water partition coefficient (Wildman–Crippen LogP) is 6.28. The highest BCUT2D eigenvalue weighted by Gasteiger charge is 2.22. The first-order valence-corrected chi connectivity index (χ1v) is 12.6. The lowest BCUT2D eigenvalue weighted by Gasteiger charge is -2.15. The lowest BCUT2D eigenvalue weighted by Crippen LogP contribution is -2.20. The number of unbranched alkanes of at least 4 members (excludes halogenated alkanes) is 10. The fourth-order valence-corrected chi connectivity index (χ4v) is 4.40. The minimum atomic E-state index is -3.95. The molecule has 0 amide bonds. The Balaban J connectivity index is 3.80. The van der Waals surface area contributed by atoms with Crippen LogP contribution in [0.1, 0.15) is 123 Å². The van der Waals surface area contributed by atoms with Crippen LogP contribution in [0, 0.1) is 0 Å². The van der Waals surface area contributed by atoms with E-state index in [-0.39, 0.29) is 6.10 Å². The van der Waals surface area contributed by atoms with Gasteiger partial charge in [0.05, 0.1) is 11.4 Å². The van der Waals surface area contributed by atoms with E-state index >= 15 is 0 Å². The summed E-state index contributed by atoms with van der Waals surface area (Å²) in [6, 6.07) is 0. The van der Waals surface area contributed by atoms with Crippen molar-refractivity contribution in [1.82, 2.24) is 0 Å². The average Bonchev–Trinajstić information content (AvgIpc) is 2.58. The highest BCUT2D eigenvalue weighted by Crippen LogP contribution is 2.19. The van der Waals surface area contributed by atoms with E-state index in [4.69, 9.17) is 0 Å². The van der Waals surface area contributed by atoms with Crippen molar-refractivity contribution >= 4 is 10.1 Å². The molecule has 0 rings (SSSR count). The zero-order valence-corrected chi connectivity index (χ0v) is 18.1. The summed E-state index contributed by atoms with van der Waals surface area (Å²) in [5.41, 5.74) is 0. The van der Waals surface area contributed by atoms with E-state index in [0.717, 1.165) is 51.4 Å². The van der Waals surface area contributed by atoms with Crippen LogP contribution in [-0.4, -0.2) is 29.4 Å². The van der Waals surface area contributed by atoms with Crippen LogP contribution < -0.4 is 0 Å². The Bertz CT molecular complexity index is 395. The largest absolute Gasteiger partial charge is 0.393 e. The van der Waals surface area contributed by atoms with Crippen molar-refractivity contribution < 1.29 is 18.1 Å². The third kappa shape index (κ3) is 16.1.